The fourth-order valence-electron chi connectivity index (χ4n) is 3.88. The van der Waals surface area contributed by atoms with E-state index in [2.05, 4.69) is 15.3 Å². The van der Waals surface area contributed by atoms with Gasteiger partial charge in [-0.2, -0.15) is 0 Å². The smallest absolute Gasteiger partial charge is 0.254 e. The summed E-state index contributed by atoms with van der Waals surface area (Å²) in [6, 6.07) is 12.8. The lowest BCUT2D eigenvalue weighted by Crippen LogP contribution is -2.53. The molecule has 2 fully saturated rings. The van der Waals surface area contributed by atoms with Crippen LogP contribution >= 0.6 is 23.2 Å². The SMILES string of the molecule is O=C(c1ccc(OCc2cc(OC[C@@H]3CCN3)cnc2Cl)cc1)N1CCC1COc1ccc(Cl)nc1. The van der Waals surface area contributed by atoms with Crippen LogP contribution in [0.25, 0.3) is 0 Å². The van der Waals surface area contributed by atoms with E-state index in [1.54, 1.807) is 48.8 Å². The minimum absolute atomic E-state index is 0.0216. The molecule has 5 rings (SSSR count). The number of hydrogen-bond acceptors (Lipinski definition) is 7. The van der Waals surface area contributed by atoms with E-state index in [4.69, 9.17) is 37.4 Å². The molecule has 0 spiro atoms. The maximum absolute atomic E-state index is 13.0. The van der Waals surface area contributed by atoms with Crippen molar-refractivity contribution in [1.82, 2.24) is 20.2 Å². The van der Waals surface area contributed by atoms with Crippen LogP contribution in [0.1, 0.15) is 28.8 Å². The molecule has 2 atom stereocenters. The predicted molar refractivity (Wildman–Crippen MR) is 136 cm³/mol. The maximum Gasteiger partial charge on any atom is 0.254 e. The van der Waals surface area contributed by atoms with Gasteiger partial charge in [-0.25, -0.2) is 9.97 Å². The molecule has 0 saturated carbocycles. The molecular formula is C26H26Cl2N4O4. The Kier molecular flexibility index (Phi) is 7.75. The largest absolute Gasteiger partial charge is 0.490 e. The Balaban J connectivity index is 1.12. The molecule has 10 heteroatoms. The van der Waals surface area contributed by atoms with E-state index in [-0.39, 0.29) is 18.6 Å². The van der Waals surface area contributed by atoms with E-state index in [1.165, 1.54) is 0 Å². The van der Waals surface area contributed by atoms with Gasteiger partial charge in [0.2, 0.25) is 0 Å². The summed E-state index contributed by atoms with van der Waals surface area (Å²) < 4.78 is 17.4. The molecule has 2 saturated heterocycles. The van der Waals surface area contributed by atoms with Crippen LogP contribution in [0.4, 0.5) is 0 Å². The number of nitrogens with one attached hydrogen (secondary N) is 1. The Labute approximate surface area is 219 Å². The third-order valence-electron chi connectivity index (χ3n) is 6.31. The molecule has 1 aromatic carbocycles. The fraction of sp³-hybridized carbons (Fsp3) is 0.346. The number of ether oxygens (including phenoxy) is 3. The minimum atomic E-state index is -0.0336. The Hall–Kier alpha value is -3.07. The molecule has 1 N–H and O–H groups in total. The van der Waals surface area contributed by atoms with Crippen molar-refractivity contribution < 1.29 is 19.0 Å². The van der Waals surface area contributed by atoms with E-state index in [0.29, 0.717) is 58.9 Å². The standard InChI is InChI=1S/C26H26Cl2N4O4/c27-24-6-5-22(12-30-24)36-16-20-8-10-32(20)26(33)17-1-3-21(4-2-17)34-14-18-11-23(13-31-25(18)28)35-15-19-7-9-29-19/h1-6,11-13,19-20,29H,7-10,14-16H2/t19-,20?/m0/s1. The fourth-order valence-corrected chi connectivity index (χ4v) is 4.15. The molecule has 0 radical (unpaired) electrons. The van der Waals surface area contributed by atoms with Gasteiger partial charge in [-0.1, -0.05) is 23.2 Å². The molecule has 188 valence electrons. The number of pyridine rings is 2. The Morgan fingerprint density at radius 1 is 0.944 bits per heavy atom. The van der Waals surface area contributed by atoms with Crippen molar-refractivity contribution >= 4 is 29.1 Å². The first-order valence-corrected chi connectivity index (χ1v) is 12.6. The predicted octanol–water partition coefficient (Wildman–Crippen LogP) is 4.40. The summed E-state index contributed by atoms with van der Waals surface area (Å²) in [5.74, 6) is 1.89. The van der Waals surface area contributed by atoms with Crippen molar-refractivity contribution in [2.75, 3.05) is 26.3 Å². The van der Waals surface area contributed by atoms with Crippen LogP contribution < -0.4 is 19.5 Å². The number of carbonyl (C=O) groups is 1. The van der Waals surface area contributed by atoms with Crippen LogP contribution in [0.5, 0.6) is 17.2 Å². The third kappa shape index (κ3) is 6.00. The average molecular weight is 529 g/mol. The zero-order valence-electron chi connectivity index (χ0n) is 19.5. The Bertz CT molecular complexity index is 1190. The number of rotatable bonds is 10. The summed E-state index contributed by atoms with van der Waals surface area (Å²) in [5.41, 5.74) is 1.33. The number of hydrogen-bond donors (Lipinski definition) is 1. The second kappa shape index (κ2) is 11.3. The number of benzene rings is 1. The molecular weight excluding hydrogens is 503 g/mol. The lowest BCUT2D eigenvalue weighted by Gasteiger charge is -2.40. The third-order valence-corrected chi connectivity index (χ3v) is 6.87. The van der Waals surface area contributed by atoms with Gasteiger partial charge in [-0.3, -0.25) is 4.79 Å². The number of amides is 1. The second-order valence-corrected chi connectivity index (χ2v) is 9.50. The van der Waals surface area contributed by atoms with Gasteiger partial charge in [0.15, 0.2) is 0 Å². The van der Waals surface area contributed by atoms with Gasteiger partial charge in [0, 0.05) is 23.7 Å². The number of aromatic nitrogens is 2. The summed E-state index contributed by atoms with van der Waals surface area (Å²) in [4.78, 5) is 23.0. The molecule has 0 bridgehead atoms. The van der Waals surface area contributed by atoms with E-state index in [9.17, 15) is 4.79 Å². The Morgan fingerprint density at radius 2 is 1.69 bits per heavy atom. The normalized spacial score (nSPS) is 18.7. The van der Waals surface area contributed by atoms with E-state index >= 15 is 0 Å². The minimum Gasteiger partial charge on any atom is -0.490 e. The van der Waals surface area contributed by atoms with Gasteiger partial charge in [0.25, 0.3) is 5.91 Å². The molecule has 2 aliphatic rings. The highest BCUT2D eigenvalue weighted by Gasteiger charge is 2.33. The van der Waals surface area contributed by atoms with Crippen molar-refractivity contribution in [3.8, 4) is 17.2 Å². The van der Waals surface area contributed by atoms with Crippen LogP contribution in [0.3, 0.4) is 0 Å². The van der Waals surface area contributed by atoms with Crippen LogP contribution in [0.2, 0.25) is 10.3 Å². The van der Waals surface area contributed by atoms with Gasteiger partial charge in [0.1, 0.15) is 47.4 Å². The highest BCUT2D eigenvalue weighted by Crippen LogP contribution is 2.25. The highest BCUT2D eigenvalue weighted by molar-refractivity contribution is 6.30. The molecule has 4 heterocycles. The lowest BCUT2D eigenvalue weighted by molar-refractivity contribution is 0.0332. The zero-order valence-corrected chi connectivity index (χ0v) is 21.0. The van der Waals surface area contributed by atoms with Gasteiger partial charge in [0.05, 0.1) is 18.4 Å². The van der Waals surface area contributed by atoms with Gasteiger partial charge in [-0.15, -0.1) is 0 Å². The summed E-state index contributed by atoms with van der Waals surface area (Å²) in [6.07, 6.45) is 5.20. The quantitative estimate of drug-likeness (QED) is 0.390. The van der Waals surface area contributed by atoms with Crippen molar-refractivity contribution in [3.63, 3.8) is 0 Å². The topological polar surface area (TPSA) is 85.8 Å². The highest BCUT2D eigenvalue weighted by atomic mass is 35.5. The summed E-state index contributed by atoms with van der Waals surface area (Å²) >= 11 is 12.0. The second-order valence-electron chi connectivity index (χ2n) is 8.75. The molecule has 3 aromatic rings. The zero-order chi connectivity index (χ0) is 24.9. The first-order chi connectivity index (χ1) is 17.5. The lowest BCUT2D eigenvalue weighted by atomic mass is 10.0. The van der Waals surface area contributed by atoms with E-state index < -0.39 is 0 Å². The number of likely N-dealkylation sites (tertiary alicyclic amines) is 1. The molecule has 2 aromatic heterocycles. The molecule has 1 amide bonds. The monoisotopic (exact) mass is 528 g/mol. The average Bonchev–Trinajstić information content (AvgIpc) is 2.84. The van der Waals surface area contributed by atoms with Crippen LogP contribution in [-0.2, 0) is 6.61 Å². The number of halogens is 2. The molecule has 8 nitrogen and oxygen atoms in total. The van der Waals surface area contributed by atoms with Crippen molar-refractivity contribution in [1.29, 1.82) is 0 Å². The summed E-state index contributed by atoms with van der Waals surface area (Å²) in [7, 11) is 0. The van der Waals surface area contributed by atoms with Crippen molar-refractivity contribution in [3.05, 3.63) is 76.3 Å². The summed E-state index contributed by atoms with van der Waals surface area (Å²) in [5, 5.41) is 4.08. The van der Waals surface area contributed by atoms with E-state index in [1.807, 2.05) is 11.0 Å². The summed E-state index contributed by atoms with van der Waals surface area (Å²) in [6.45, 7) is 2.98. The number of nitrogens with zero attached hydrogens (tertiary/aromatic N) is 3. The molecule has 36 heavy (non-hydrogen) atoms. The van der Waals surface area contributed by atoms with Crippen molar-refractivity contribution in [2.45, 2.75) is 31.5 Å². The van der Waals surface area contributed by atoms with Gasteiger partial charge < -0.3 is 24.4 Å². The molecule has 0 aliphatic carbocycles. The van der Waals surface area contributed by atoms with E-state index in [0.717, 1.165) is 24.9 Å². The molecule has 1 unspecified atom stereocenters. The van der Waals surface area contributed by atoms with Crippen LogP contribution in [0.15, 0.2) is 54.9 Å². The Morgan fingerprint density at radius 3 is 2.36 bits per heavy atom. The maximum atomic E-state index is 13.0. The first kappa shape index (κ1) is 24.6. The van der Waals surface area contributed by atoms with Gasteiger partial charge in [-0.05, 0) is 61.9 Å². The number of carbonyl (C=O) groups excluding carboxylic acids is 1. The van der Waals surface area contributed by atoms with Crippen LogP contribution in [-0.4, -0.2) is 59.2 Å². The van der Waals surface area contributed by atoms with Gasteiger partial charge >= 0.3 is 0 Å². The van der Waals surface area contributed by atoms with Crippen LogP contribution in [0, 0.1) is 0 Å². The van der Waals surface area contributed by atoms with Crippen molar-refractivity contribution in [2.24, 2.45) is 0 Å². The first-order valence-electron chi connectivity index (χ1n) is 11.8. The molecule has 2 aliphatic heterocycles.